The van der Waals surface area contributed by atoms with Crippen LogP contribution in [0.15, 0.2) is 0 Å². The number of carbonyl (C=O) groups excluding carboxylic acids is 1. The van der Waals surface area contributed by atoms with E-state index in [0.29, 0.717) is 6.61 Å². The van der Waals surface area contributed by atoms with Gasteiger partial charge < -0.3 is 15.2 Å². The van der Waals surface area contributed by atoms with Crippen LogP contribution >= 0.6 is 0 Å². The lowest BCUT2D eigenvalue weighted by molar-refractivity contribution is -0.141. The summed E-state index contributed by atoms with van der Waals surface area (Å²) < 4.78 is 9.37. The number of esters is 1. The van der Waals surface area contributed by atoms with Crippen LogP contribution in [0.3, 0.4) is 0 Å². The summed E-state index contributed by atoms with van der Waals surface area (Å²) in [6, 6.07) is 0. The summed E-state index contributed by atoms with van der Waals surface area (Å²) in [5.74, 6) is -0.345. The van der Waals surface area contributed by atoms with Gasteiger partial charge in [0, 0.05) is 13.2 Å². The van der Waals surface area contributed by atoms with E-state index in [2.05, 4.69) is 4.74 Å². The Morgan fingerprint density at radius 1 is 1.50 bits per heavy atom. The Hall–Kier alpha value is -0.610. The molecule has 1 heterocycles. The van der Waals surface area contributed by atoms with Gasteiger partial charge in [-0.1, -0.05) is 0 Å². The minimum Gasteiger partial charge on any atom is -0.465 e. The SMILES string of the molecule is C1CCOC1.CCOC(=O)CN. The first-order chi connectivity index (χ1) is 5.81. The van der Waals surface area contributed by atoms with E-state index in [0.717, 1.165) is 13.2 Å². The Balaban J connectivity index is 0.000000211. The fourth-order valence-electron chi connectivity index (χ4n) is 0.730. The van der Waals surface area contributed by atoms with Crippen molar-refractivity contribution in [3.8, 4) is 0 Å². The number of hydrogen-bond acceptors (Lipinski definition) is 4. The van der Waals surface area contributed by atoms with Crippen molar-refractivity contribution in [2.75, 3.05) is 26.4 Å². The average Bonchev–Trinajstić information content (AvgIpc) is 2.62. The lowest BCUT2D eigenvalue weighted by atomic mass is 10.4. The molecule has 4 nitrogen and oxygen atoms in total. The molecular weight excluding hydrogens is 158 g/mol. The molecule has 1 fully saturated rings. The molecule has 0 amide bonds. The van der Waals surface area contributed by atoms with E-state index in [1.165, 1.54) is 12.8 Å². The van der Waals surface area contributed by atoms with Crippen LogP contribution < -0.4 is 5.73 Å². The fourth-order valence-corrected chi connectivity index (χ4v) is 0.730. The number of carbonyl (C=O) groups is 1. The summed E-state index contributed by atoms with van der Waals surface area (Å²) in [5.41, 5.74) is 4.88. The van der Waals surface area contributed by atoms with Crippen LogP contribution in [0.5, 0.6) is 0 Å². The minimum atomic E-state index is -0.345. The van der Waals surface area contributed by atoms with Crippen LogP contribution in [-0.4, -0.2) is 32.3 Å². The van der Waals surface area contributed by atoms with Crippen molar-refractivity contribution < 1.29 is 14.3 Å². The summed E-state index contributed by atoms with van der Waals surface area (Å²) >= 11 is 0. The first kappa shape index (κ1) is 11.4. The van der Waals surface area contributed by atoms with E-state index in [4.69, 9.17) is 10.5 Å². The molecule has 0 aromatic rings. The third-order valence-corrected chi connectivity index (χ3v) is 1.30. The van der Waals surface area contributed by atoms with Gasteiger partial charge in [0.15, 0.2) is 0 Å². The maximum absolute atomic E-state index is 10.1. The van der Waals surface area contributed by atoms with Gasteiger partial charge in [0.1, 0.15) is 0 Å². The molecule has 1 rings (SSSR count). The summed E-state index contributed by atoms with van der Waals surface area (Å²) in [6.07, 6.45) is 2.56. The van der Waals surface area contributed by atoms with Crippen molar-refractivity contribution in [1.82, 2.24) is 0 Å². The molecule has 0 spiro atoms. The van der Waals surface area contributed by atoms with Gasteiger partial charge in [0.05, 0.1) is 13.2 Å². The molecule has 0 aromatic heterocycles. The van der Waals surface area contributed by atoms with Gasteiger partial charge in [-0.05, 0) is 19.8 Å². The zero-order valence-electron chi connectivity index (χ0n) is 7.54. The third-order valence-electron chi connectivity index (χ3n) is 1.30. The van der Waals surface area contributed by atoms with E-state index in [9.17, 15) is 4.79 Å². The summed E-state index contributed by atoms with van der Waals surface area (Å²) in [6.45, 7) is 4.14. The zero-order valence-corrected chi connectivity index (χ0v) is 7.54. The van der Waals surface area contributed by atoms with Gasteiger partial charge in [0.2, 0.25) is 0 Å². The van der Waals surface area contributed by atoms with Gasteiger partial charge in [-0.25, -0.2) is 0 Å². The maximum atomic E-state index is 10.1. The highest BCUT2D eigenvalue weighted by Crippen LogP contribution is 1.98. The van der Waals surface area contributed by atoms with Gasteiger partial charge in [-0.2, -0.15) is 0 Å². The summed E-state index contributed by atoms with van der Waals surface area (Å²) in [4.78, 5) is 10.1. The van der Waals surface area contributed by atoms with Crippen molar-refractivity contribution >= 4 is 5.97 Å². The molecule has 12 heavy (non-hydrogen) atoms. The van der Waals surface area contributed by atoms with E-state index >= 15 is 0 Å². The van der Waals surface area contributed by atoms with Crippen LogP contribution in [0.2, 0.25) is 0 Å². The van der Waals surface area contributed by atoms with Crippen LogP contribution in [0.4, 0.5) is 0 Å². The van der Waals surface area contributed by atoms with Crippen LogP contribution in [-0.2, 0) is 14.3 Å². The van der Waals surface area contributed by atoms with Crippen molar-refractivity contribution in [2.45, 2.75) is 19.8 Å². The first-order valence-corrected chi connectivity index (χ1v) is 4.24. The smallest absolute Gasteiger partial charge is 0.319 e. The Morgan fingerprint density at radius 3 is 2.25 bits per heavy atom. The molecule has 4 heteroatoms. The summed E-state index contributed by atoms with van der Waals surface area (Å²) in [5, 5.41) is 0. The maximum Gasteiger partial charge on any atom is 0.319 e. The fraction of sp³-hybridized carbons (Fsp3) is 0.875. The van der Waals surface area contributed by atoms with Crippen LogP contribution in [0, 0.1) is 0 Å². The predicted octanol–water partition coefficient (Wildman–Crippen LogP) is 0.305. The Kier molecular flexibility index (Phi) is 8.05. The molecule has 0 unspecified atom stereocenters. The van der Waals surface area contributed by atoms with Crippen molar-refractivity contribution in [2.24, 2.45) is 5.73 Å². The van der Waals surface area contributed by atoms with Crippen LogP contribution in [0.1, 0.15) is 19.8 Å². The Morgan fingerprint density at radius 2 is 2.08 bits per heavy atom. The number of rotatable bonds is 2. The predicted molar refractivity (Wildman–Crippen MR) is 45.7 cm³/mol. The molecular formula is C8H17NO3. The van der Waals surface area contributed by atoms with Gasteiger partial charge >= 0.3 is 5.97 Å². The first-order valence-electron chi connectivity index (χ1n) is 4.24. The average molecular weight is 175 g/mol. The molecule has 1 aliphatic heterocycles. The quantitative estimate of drug-likeness (QED) is 0.613. The van der Waals surface area contributed by atoms with Gasteiger partial charge in [0.25, 0.3) is 0 Å². The van der Waals surface area contributed by atoms with Crippen molar-refractivity contribution in [1.29, 1.82) is 0 Å². The van der Waals surface area contributed by atoms with E-state index < -0.39 is 0 Å². The monoisotopic (exact) mass is 175 g/mol. The molecule has 0 aliphatic carbocycles. The molecule has 1 aliphatic rings. The largest absolute Gasteiger partial charge is 0.465 e. The molecule has 2 N–H and O–H groups in total. The second-order valence-corrected chi connectivity index (χ2v) is 2.33. The topological polar surface area (TPSA) is 61.5 Å². The van der Waals surface area contributed by atoms with Crippen molar-refractivity contribution in [3.63, 3.8) is 0 Å². The highest BCUT2D eigenvalue weighted by Gasteiger charge is 1.94. The van der Waals surface area contributed by atoms with E-state index in [1.54, 1.807) is 6.92 Å². The van der Waals surface area contributed by atoms with Gasteiger partial charge in [-0.15, -0.1) is 0 Å². The van der Waals surface area contributed by atoms with Crippen molar-refractivity contribution in [3.05, 3.63) is 0 Å². The molecule has 0 saturated carbocycles. The molecule has 72 valence electrons. The molecule has 1 saturated heterocycles. The van der Waals surface area contributed by atoms with Crippen LogP contribution in [0.25, 0.3) is 0 Å². The Bertz CT molecular complexity index is 105. The highest BCUT2D eigenvalue weighted by atomic mass is 16.5. The lowest BCUT2D eigenvalue weighted by Crippen LogP contribution is -2.16. The Labute approximate surface area is 73.0 Å². The minimum absolute atomic E-state index is 0.0200. The van der Waals surface area contributed by atoms with E-state index in [-0.39, 0.29) is 12.5 Å². The third kappa shape index (κ3) is 7.50. The number of hydrogen-bond donors (Lipinski definition) is 1. The normalized spacial score (nSPS) is 14.8. The molecule has 0 bridgehead atoms. The molecule has 0 radical (unpaired) electrons. The number of ether oxygens (including phenoxy) is 2. The summed E-state index contributed by atoms with van der Waals surface area (Å²) in [7, 11) is 0. The molecule has 0 atom stereocenters. The lowest BCUT2D eigenvalue weighted by Gasteiger charge is -1.93. The highest BCUT2D eigenvalue weighted by molar-refractivity contribution is 5.71. The zero-order chi connectivity index (χ0) is 9.23. The van der Waals surface area contributed by atoms with Gasteiger partial charge in [-0.3, -0.25) is 4.79 Å². The second-order valence-electron chi connectivity index (χ2n) is 2.33. The molecule has 0 aromatic carbocycles. The number of nitrogens with two attached hydrogens (primary N) is 1. The van der Waals surface area contributed by atoms with E-state index in [1.807, 2.05) is 0 Å². The second kappa shape index (κ2) is 8.49. The standard InChI is InChI=1S/C4H9NO2.C4H8O/c1-2-7-4(6)3-5;1-2-4-5-3-1/h2-3,5H2,1H3;1-4H2.